The fourth-order valence-corrected chi connectivity index (χ4v) is 4.83. The van der Waals surface area contributed by atoms with E-state index in [2.05, 4.69) is 41.6 Å². The second-order valence-electron chi connectivity index (χ2n) is 9.32. The number of benzene rings is 1. The first kappa shape index (κ1) is 29.9. The number of allylic oxidation sites excluding steroid dienone is 4. The van der Waals surface area contributed by atoms with Crippen LogP contribution in [0.5, 0.6) is 0 Å². The lowest BCUT2D eigenvalue weighted by molar-refractivity contribution is 0.274. The van der Waals surface area contributed by atoms with Gasteiger partial charge in [0.05, 0.1) is 27.5 Å². The number of aromatic nitrogens is 3. The average Bonchev–Trinajstić information content (AvgIpc) is 3.20. The van der Waals surface area contributed by atoms with Gasteiger partial charge in [0.15, 0.2) is 0 Å². The maximum absolute atomic E-state index is 13.2. The van der Waals surface area contributed by atoms with Crippen LogP contribution >= 0.6 is 23.4 Å². The highest BCUT2D eigenvalue weighted by Gasteiger charge is 2.13. The molecule has 0 amide bonds. The maximum Gasteiger partial charge on any atom is 0.272 e. The Morgan fingerprint density at radius 1 is 1.13 bits per heavy atom. The Morgan fingerprint density at radius 3 is 2.53 bits per heavy atom. The highest BCUT2D eigenvalue weighted by Crippen LogP contribution is 2.21. The van der Waals surface area contributed by atoms with Crippen molar-refractivity contribution in [3.05, 3.63) is 89.3 Å². The number of pyridine rings is 1. The smallest absolute Gasteiger partial charge is 0.272 e. The largest absolute Gasteiger partial charge is 0.298 e. The molecule has 1 aliphatic rings. The van der Waals surface area contributed by atoms with Crippen molar-refractivity contribution in [2.75, 3.05) is 19.3 Å². The van der Waals surface area contributed by atoms with E-state index in [1.807, 2.05) is 49.6 Å². The molecule has 0 saturated carbocycles. The maximum atomic E-state index is 13.2. The van der Waals surface area contributed by atoms with E-state index in [9.17, 15) is 4.79 Å². The molecule has 3 heterocycles. The van der Waals surface area contributed by atoms with Crippen molar-refractivity contribution in [1.82, 2.24) is 19.4 Å². The van der Waals surface area contributed by atoms with E-state index in [1.165, 1.54) is 37.4 Å². The van der Waals surface area contributed by atoms with Crippen LogP contribution < -0.4 is 5.56 Å². The fourth-order valence-electron chi connectivity index (χ4n) is 4.22. The van der Waals surface area contributed by atoms with Gasteiger partial charge in [-0.25, -0.2) is 4.98 Å². The lowest BCUT2D eigenvalue weighted by Crippen LogP contribution is -2.24. The number of hydrogen-bond donors (Lipinski definition) is 0. The Balaban J connectivity index is 0.000000732. The summed E-state index contributed by atoms with van der Waals surface area (Å²) in [7, 11) is 0. The van der Waals surface area contributed by atoms with E-state index in [1.54, 1.807) is 17.0 Å². The normalized spacial score (nSPS) is 15.4. The summed E-state index contributed by atoms with van der Waals surface area (Å²) in [5.74, 6) is 0. The zero-order chi connectivity index (χ0) is 27.3. The summed E-state index contributed by atoms with van der Waals surface area (Å²) in [4.78, 5) is 25.8. The van der Waals surface area contributed by atoms with Crippen LogP contribution in [0.4, 0.5) is 0 Å². The molecule has 0 aliphatic carbocycles. The van der Waals surface area contributed by atoms with Gasteiger partial charge in [-0.15, -0.1) is 29.9 Å². The van der Waals surface area contributed by atoms with Gasteiger partial charge in [0, 0.05) is 17.3 Å². The molecule has 1 aliphatic heterocycles. The first-order valence-corrected chi connectivity index (χ1v) is 15.0. The first-order chi connectivity index (χ1) is 18.5. The topological polar surface area (TPSA) is 51.0 Å². The van der Waals surface area contributed by atoms with Crippen molar-refractivity contribution in [3.63, 3.8) is 0 Å². The van der Waals surface area contributed by atoms with Gasteiger partial charge in [-0.05, 0) is 75.9 Å². The van der Waals surface area contributed by atoms with E-state index < -0.39 is 0 Å². The second-order valence-corrected chi connectivity index (χ2v) is 10.8. The van der Waals surface area contributed by atoms with Crippen LogP contribution in [0.1, 0.15) is 57.3 Å². The van der Waals surface area contributed by atoms with Crippen LogP contribution in [-0.2, 0) is 6.54 Å². The average molecular weight is 551 g/mol. The highest BCUT2D eigenvalue weighted by molar-refractivity contribution is 7.98. The second kappa shape index (κ2) is 15.7. The van der Waals surface area contributed by atoms with Gasteiger partial charge in [-0.1, -0.05) is 50.1 Å². The van der Waals surface area contributed by atoms with Crippen LogP contribution in [0, 0.1) is 0 Å². The summed E-state index contributed by atoms with van der Waals surface area (Å²) < 4.78 is 1.62. The molecular weight excluding hydrogens is 512 g/mol. The Bertz CT molecular complexity index is 1310. The molecule has 0 N–H and O–H groups in total. The lowest BCUT2D eigenvalue weighted by Gasteiger charge is -2.19. The third-order valence-corrected chi connectivity index (χ3v) is 7.29. The Hall–Kier alpha value is -2.67. The minimum atomic E-state index is -0.0540. The molecule has 1 aromatic carbocycles. The molecule has 4 rings (SSSR count). The Morgan fingerprint density at radius 2 is 1.87 bits per heavy atom. The third kappa shape index (κ3) is 8.69. The molecule has 3 aromatic rings. The molecule has 0 spiro atoms. The number of alkyl halides is 1. The van der Waals surface area contributed by atoms with E-state index in [4.69, 9.17) is 16.6 Å². The van der Waals surface area contributed by atoms with Crippen molar-refractivity contribution in [1.29, 1.82) is 0 Å². The molecule has 1 saturated heterocycles. The fraction of sp³-hybridized carbons (Fsp3) is 0.387. The van der Waals surface area contributed by atoms with Gasteiger partial charge >= 0.3 is 0 Å². The summed E-state index contributed by atoms with van der Waals surface area (Å²) in [6, 6.07) is 10.2. The zero-order valence-electron chi connectivity index (χ0n) is 22.8. The monoisotopic (exact) mass is 550 g/mol. The number of hydrogen-bond acceptors (Lipinski definition) is 5. The molecule has 38 heavy (non-hydrogen) atoms. The summed E-state index contributed by atoms with van der Waals surface area (Å²) in [5.41, 5.74) is 3.51. The number of halogens is 1. The quantitative estimate of drug-likeness (QED) is 0.125. The van der Waals surface area contributed by atoms with Gasteiger partial charge in [-0.2, -0.15) is 0 Å². The van der Waals surface area contributed by atoms with Crippen molar-refractivity contribution < 1.29 is 0 Å². The predicted octanol–water partition coefficient (Wildman–Crippen LogP) is 7.66. The minimum Gasteiger partial charge on any atom is -0.298 e. The lowest BCUT2D eigenvalue weighted by atomic mass is 10.1. The van der Waals surface area contributed by atoms with Crippen LogP contribution in [0.15, 0.2) is 77.2 Å². The van der Waals surface area contributed by atoms with Crippen molar-refractivity contribution >= 4 is 40.3 Å². The number of nitrogens with zero attached hydrogens (tertiary/aromatic N) is 4. The molecule has 0 bridgehead atoms. The molecule has 7 heteroatoms. The molecule has 1 fully saturated rings. The molecule has 1 unspecified atom stereocenters. The number of thioether (sulfide) groups is 1. The molecular formula is C31H39ClN4OS. The molecule has 5 nitrogen and oxygen atoms in total. The van der Waals surface area contributed by atoms with Gasteiger partial charge in [0.2, 0.25) is 0 Å². The highest BCUT2D eigenvalue weighted by atomic mass is 35.5. The van der Waals surface area contributed by atoms with Gasteiger partial charge in [-0.3, -0.25) is 19.2 Å². The third-order valence-electron chi connectivity index (χ3n) is 6.32. The SMILES string of the molecule is C=CC(C)Cl.CC/C=C/C=C/c1ncn(-c2ccc3nc(CN4CCCCCC4)ccc3c2)c(=O)c1SC. The van der Waals surface area contributed by atoms with Crippen molar-refractivity contribution in [3.8, 4) is 5.69 Å². The van der Waals surface area contributed by atoms with Crippen molar-refractivity contribution in [2.24, 2.45) is 0 Å². The minimum absolute atomic E-state index is 0.0540. The van der Waals surface area contributed by atoms with Crippen LogP contribution in [-0.4, -0.2) is 44.2 Å². The molecule has 1 atom stereocenters. The zero-order valence-corrected chi connectivity index (χ0v) is 24.3. The first-order valence-electron chi connectivity index (χ1n) is 13.3. The summed E-state index contributed by atoms with van der Waals surface area (Å²) >= 11 is 6.77. The molecule has 0 radical (unpaired) electrons. The molecule has 2 aromatic heterocycles. The van der Waals surface area contributed by atoms with E-state index in [-0.39, 0.29) is 10.9 Å². The van der Waals surface area contributed by atoms with E-state index in [0.29, 0.717) is 10.6 Å². The Kier molecular flexibility index (Phi) is 12.3. The van der Waals surface area contributed by atoms with Crippen LogP contribution in [0.2, 0.25) is 0 Å². The van der Waals surface area contributed by atoms with Crippen LogP contribution in [0.25, 0.3) is 22.7 Å². The summed E-state index contributed by atoms with van der Waals surface area (Å²) in [6.07, 6.45) is 19.3. The number of fused-ring (bicyclic) bond motifs is 1. The number of likely N-dealkylation sites (tertiary alicyclic amines) is 1. The predicted molar refractivity (Wildman–Crippen MR) is 165 cm³/mol. The van der Waals surface area contributed by atoms with Gasteiger partial charge in [0.1, 0.15) is 6.33 Å². The molecule has 202 valence electrons. The van der Waals surface area contributed by atoms with Crippen LogP contribution in [0.3, 0.4) is 0 Å². The van der Waals surface area contributed by atoms with E-state index >= 15 is 0 Å². The van der Waals surface area contributed by atoms with E-state index in [0.717, 1.165) is 48.3 Å². The summed E-state index contributed by atoms with van der Waals surface area (Å²) in [5, 5.41) is 1.15. The van der Waals surface area contributed by atoms with Gasteiger partial charge < -0.3 is 0 Å². The van der Waals surface area contributed by atoms with Crippen molar-refractivity contribution in [2.45, 2.75) is 62.8 Å². The standard InChI is InChI=1S/C27H32N4OS.C4H7Cl/c1-3-4-5-8-11-25-26(33-2)27(32)31(20-28-25)23-14-15-24-21(18-23)12-13-22(29-24)19-30-16-9-6-7-10-17-30;1-3-4(2)5/h4-5,8,11-15,18,20H,3,6-7,9-10,16-17,19H2,1-2H3;3-4H,1H2,2H3/b5-4+,11-8+;. The van der Waals surface area contributed by atoms with Gasteiger partial charge in [0.25, 0.3) is 5.56 Å². The summed E-state index contributed by atoms with van der Waals surface area (Å²) in [6.45, 7) is 10.6. The number of rotatable bonds is 8. The Labute approximate surface area is 236 Å².